The maximum atomic E-state index is 2.37. The van der Waals surface area contributed by atoms with Gasteiger partial charge >= 0.3 is 0 Å². The van der Waals surface area contributed by atoms with Crippen molar-refractivity contribution in [2.75, 3.05) is 0 Å². The van der Waals surface area contributed by atoms with E-state index in [1.807, 2.05) is 0 Å². The fourth-order valence-corrected chi connectivity index (χ4v) is 2.12. The Kier molecular flexibility index (Phi) is 5.24. The zero-order chi connectivity index (χ0) is 12.0. The lowest BCUT2D eigenvalue weighted by molar-refractivity contribution is -0.704. The van der Waals surface area contributed by atoms with Gasteiger partial charge in [-0.2, -0.15) is 0 Å². The molecule has 0 bridgehead atoms. The fourth-order valence-electron chi connectivity index (χ4n) is 2.12. The third-order valence-electron chi connectivity index (χ3n) is 3.05. The fraction of sp³-hybridized carbons (Fsp3) is 0.533. The van der Waals surface area contributed by atoms with Crippen molar-refractivity contribution in [1.82, 2.24) is 0 Å². The van der Waals surface area contributed by atoms with E-state index < -0.39 is 0 Å². The Balaban J connectivity index is 3.08. The molecule has 0 spiro atoms. The lowest BCUT2D eigenvalue weighted by atomic mass is 10.0. The smallest absolute Gasteiger partial charge is 0.181 e. The first-order chi connectivity index (χ1) is 7.76. The molecule has 0 aliphatic heterocycles. The van der Waals surface area contributed by atoms with Gasteiger partial charge in [0.15, 0.2) is 11.9 Å². The van der Waals surface area contributed by atoms with E-state index in [2.05, 4.69) is 56.7 Å². The van der Waals surface area contributed by atoms with Crippen molar-refractivity contribution in [3.05, 3.63) is 35.7 Å². The molecule has 0 amide bonds. The van der Waals surface area contributed by atoms with Crippen LogP contribution in [0.25, 0.3) is 5.57 Å². The van der Waals surface area contributed by atoms with Gasteiger partial charge in [-0.3, -0.25) is 0 Å². The minimum Gasteiger partial charge on any atom is -0.202 e. The average Bonchev–Trinajstić information content (AvgIpc) is 2.32. The van der Waals surface area contributed by atoms with Gasteiger partial charge in [-0.25, -0.2) is 4.57 Å². The molecule has 0 saturated heterocycles. The highest BCUT2D eigenvalue weighted by Crippen LogP contribution is 2.17. The molecule has 0 aromatic carbocycles. The SMILES string of the molecule is C/C=C(\CC)c1cc[n+](CCC)c(CC)c1. The van der Waals surface area contributed by atoms with E-state index in [1.165, 1.54) is 23.3 Å². The van der Waals surface area contributed by atoms with E-state index in [1.54, 1.807) is 0 Å². The van der Waals surface area contributed by atoms with Crippen LogP contribution < -0.4 is 4.57 Å². The molecule has 1 aromatic heterocycles. The van der Waals surface area contributed by atoms with Crippen LogP contribution in [0.5, 0.6) is 0 Å². The lowest BCUT2D eigenvalue weighted by Gasteiger charge is -2.06. The first kappa shape index (κ1) is 13.0. The summed E-state index contributed by atoms with van der Waals surface area (Å²) < 4.78 is 2.37. The Morgan fingerprint density at radius 1 is 1.31 bits per heavy atom. The minimum absolute atomic E-state index is 1.11. The van der Waals surface area contributed by atoms with E-state index in [9.17, 15) is 0 Å². The number of aryl methyl sites for hydroxylation is 2. The second-order valence-corrected chi connectivity index (χ2v) is 4.12. The standard InChI is InChI=1S/C15H24N/c1-5-10-16-11-9-14(12-15(16)8-4)13(6-2)7-3/h6,9,11-12H,5,7-8,10H2,1-4H3/q+1/b13-6+. The normalized spacial score (nSPS) is 11.9. The van der Waals surface area contributed by atoms with Gasteiger partial charge in [0.1, 0.15) is 6.54 Å². The van der Waals surface area contributed by atoms with Crippen molar-refractivity contribution < 1.29 is 4.57 Å². The number of allylic oxidation sites excluding steroid dienone is 2. The molecule has 0 aliphatic carbocycles. The highest BCUT2D eigenvalue weighted by Gasteiger charge is 2.10. The van der Waals surface area contributed by atoms with Gasteiger partial charge in [0.05, 0.1) is 0 Å². The van der Waals surface area contributed by atoms with Gasteiger partial charge in [-0.1, -0.05) is 26.8 Å². The van der Waals surface area contributed by atoms with Crippen molar-refractivity contribution in [3.63, 3.8) is 0 Å². The summed E-state index contributed by atoms with van der Waals surface area (Å²) in [6, 6.07) is 4.59. The number of hydrogen-bond acceptors (Lipinski definition) is 0. The lowest BCUT2D eigenvalue weighted by Crippen LogP contribution is -2.37. The summed E-state index contributed by atoms with van der Waals surface area (Å²) in [6.07, 6.45) is 7.86. The van der Waals surface area contributed by atoms with Crippen molar-refractivity contribution >= 4 is 5.57 Å². The highest BCUT2D eigenvalue weighted by atomic mass is 14.9. The molecule has 0 N–H and O–H groups in total. The molecule has 16 heavy (non-hydrogen) atoms. The Labute approximate surface area is 99.8 Å². The molecule has 1 nitrogen and oxygen atoms in total. The number of aromatic nitrogens is 1. The molecule has 0 atom stereocenters. The van der Waals surface area contributed by atoms with E-state index in [0.717, 1.165) is 19.4 Å². The molecule has 1 aromatic rings. The topological polar surface area (TPSA) is 3.88 Å². The van der Waals surface area contributed by atoms with E-state index in [-0.39, 0.29) is 0 Å². The predicted molar refractivity (Wildman–Crippen MR) is 70.2 cm³/mol. The second-order valence-electron chi connectivity index (χ2n) is 4.12. The molecule has 0 saturated carbocycles. The highest BCUT2D eigenvalue weighted by molar-refractivity contribution is 5.64. The zero-order valence-electron chi connectivity index (χ0n) is 11.1. The largest absolute Gasteiger partial charge is 0.202 e. The van der Waals surface area contributed by atoms with Crippen molar-refractivity contribution in [3.8, 4) is 0 Å². The maximum absolute atomic E-state index is 2.37. The maximum Gasteiger partial charge on any atom is 0.181 e. The van der Waals surface area contributed by atoms with Gasteiger partial charge in [0, 0.05) is 25.0 Å². The third-order valence-corrected chi connectivity index (χ3v) is 3.05. The van der Waals surface area contributed by atoms with Crippen LogP contribution in [0.3, 0.4) is 0 Å². The summed E-state index contributed by atoms with van der Waals surface area (Å²) in [5.74, 6) is 0. The predicted octanol–water partition coefficient (Wildman–Crippen LogP) is 3.76. The van der Waals surface area contributed by atoms with Crippen LogP contribution >= 0.6 is 0 Å². The van der Waals surface area contributed by atoms with Gasteiger partial charge in [-0.05, 0) is 24.5 Å². The van der Waals surface area contributed by atoms with Crippen molar-refractivity contribution in [2.45, 2.75) is 53.5 Å². The number of rotatable bonds is 5. The van der Waals surface area contributed by atoms with E-state index >= 15 is 0 Å². The van der Waals surface area contributed by atoms with E-state index in [0.29, 0.717) is 0 Å². The van der Waals surface area contributed by atoms with Crippen LogP contribution in [-0.2, 0) is 13.0 Å². The first-order valence-electron chi connectivity index (χ1n) is 6.44. The van der Waals surface area contributed by atoms with Crippen LogP contribution in [0.2, 0.25) is 0 Å². The van der Waals surface area contributed by atoms with Crippen molar-refractivity contribution in [2.24, 2.45) is 0 Å². The van der Waals surface area contributed by atoms with Crippen LogP contribution in [-0.4, -0.2) is 0 Å². The van der Waals surface area contributed by atoms with Gasteiger partial charge in [0.25, 0.3) is 0 Å². The molecular weight excluding hydrogens is 194 g/mol. The third kappa shape index (κ3) is 2.94. The zero-order valence-corrected chi connectivity index (χ0v) is 11.1. The van der Waals surface area contributed by atoms with Gasteiger partial charge in [0.2, 0.25) is 0 Å². The van der Waals surface area contributed by atoms with E-state index in [4.69, 9.17) is 0 Å². The molecule has 0 fully saturated rings. The summed E-state index contributed by atoms with van der Waals surface area (Å²) in [5.41, 5.74) is 4.26. The second kappa shape index (κ2) is 6.47. The molecule has 0 unspecified atom stereocenters. The first-order valence-corrected chi connectivity index (χ1v) is 6.44. The van der Waals surface area contributed by atoms with Crippen LogP contribution in [0.15, 0.2) is 24.4 Å². The molecule has 1 rings (SSSR count). The van der Waals surface area contributed by atoms with Crippen LogP contribution in [0.4, 0.5) is 0 Å². The molecule has 1 heterocycles. The Morgan fingerprint density at radius 2 is 2.06 bits per heavy atom. The van der Waals surface area contributed by atoms with Gasteiger partial charge < -0.3 is 0 Å². The average molecular weight is 218 g/mol. The molecular formula is C15H24N+. The minimum atomic E-state index is 1.11. The Hall–Kier alpha value is -1.11. The quantitative estimate of drug-likeness (QED) is 0.663. The van der Waals surface area contributed by atoms with Gasteiger partial charge in [-0.15, -0.1) is 0 Å². The van der Waals surface area contributed by atoms with Crippen LogP contribution in [0.1, 0.15) is 51.8 Å². The number of nitrogens with zero attached hydrogens (tertiary/aromatic N) is 1. The number of hydrogen-bond donors (Lipinski definition) is 0. The summed E-state index contributed by atoms with van der Waals surface area (Å²) in [4.78, 5) is 0. The molecule has 0 radical (unpaired) electrons. The summed E-state index contributed by atoms with van der Waals surface area (Å²) >= 11 is 0. The Bertz CT molecular complexity index is 364. The summed E-state index contributed by atoms with van der Waals surface area (Å²) in [5, 5.41) is 0. The monoisotopic (exact) mass is 218 g/mol. The molecule has 0 aliphatic rings. The molecule has 1 heteroatoms. The summed E-state index contributed by atoms with van der Waals surface area (Å²) in [6.45, 7) is 9.92. The number of pyridine rings is 1. The Morgan fingerprint density at radius 3 is 2.56 bits per heavy atom. The van der Waals surface area contributed by atoms with Crippen LogP contribution in [0, 0.1) is 0 Å². The van der Waals surface area contributed by atoms with Crippen molar-refractivity contribution in [1.29, 1.82) is 0 Å². The summed E-state index contributed by atoms with van der Waals surface area (Å²) in [7, 11) is 0. The molecule has 88 valence electrons.